The predicted molar refractivity (Wildman–Crippen MR) is 47.3 cm³/mol. The summed E-state index contributed by atoms with van der Waals surface area (Å²) in [5.74, 6) is -1.80. The van der Waals surface area contributed by atoms with Gasteiger partial charge in [-0.1, -0.05) is 6.92 Å². The highest BCUT2D eigenvalue weighted by Crippen LogP contribution is 2.57. The first-order valence-electron chi connectivity index (χ1n) is 3.35. The molecule has 0 aromatic carbocycles. The van der Waals surface area contributed by atoms with E-state index in [2.05, 4.69) is 4.52 Å². The first-order valence-corrected chi connectivity index (χ1v) is 6.79. The molecule has 0 radical (unpaired) electrons. The van der Waals surface area contributed by atoms with Crippen LogP contribution >= 0.6 is 28.6 Å². The molecule has 0 saturated carbocycles. The molecule has 0 amide bonds. The molecule has 0 aromatic rings. The first-order chi connectivity index (χ1) is 5.27. The monoisotopic (exact) mass is 236 g/mol. The lowest BCUT2D eigenvalue weighted by Gasteiger charge is -2.19. The Labute approximate surface area is 80.5 Å². The first kappa shape index (κ1) is 12.7. The van der Waals surface area contributed by atoms with Gasteiger partial charge in [-0.3, -0.25) is 4.57 Å². The van der Waals surface area contributed by atoms with Gasteiger partial charge in [0.2, 0.25) is 0 Å². The van der Waals surface area contributed by atoms with Crippen molar-refractivity contribution in [2.75, 3.05) is 6.61 Å². The summed E-state index contributed by atoms with van der Waals surface area (Å²) in [4.78, 5) is 0. The summed E-state index contributed by atoms with van der Waals surface area (Å²) >= 11 is 10.1. The zero-order chi connectivity index (χ0) is 9.83. The molecule has 7 heteroatoms. The van der Waals surface area contributed by atoms with Crippen LogP contribution in [0.1, 0.15) is 19.8 Å². The molecule has 0 saturated heterocycles. The summed E-state index contributed by atoms with van der Waals surface area (Å²) in [5, 5.41) is 18.0. The molecule has 0 atom stereocenters. The number of halogens is 2. The van der Waals surface area contributed by atoms with E-state index in [-0.39, 0.29) is 19.4 Å². The maximum absolute atomic E-state index is 10.5. The summed E-state index contributed by atoms with van der Waals surface area (Å²) in [6, 6.07) is 0. The fourth-order valence-corrected chi connectivity index (χ4v) is 1.21. The Balaban J connectivity index is 3.64. The molecular weight excluding hydrogens is 226 g/mol. The maximum atomic E-state index is 10.5. The summed E-state index contributed by atoms with van der Waals surface area (Å²) in [7, 11) is 0. The minimum Gasteiger partial charge on any atom is -0.366 e. The van der Waals surface area contributed by atoms with E-state index in [1.54, 1.807) is 6.92 Å². The van der Waals surface area contributed by atoms with Crippen LogP contribution in [0.4, 0.5) is 0 Å². The Hall–Kier alpha value is 0.690. The fraction of sp³-hybridized carbons (Fsp3) is 1.00. The molecule has 0 aromatic heterocycles. The number of hydrogen-bond acceptors (Lipinski definition) is 4. The Morgan fingerprint density at radius 1 is 1.50 bits per heavy atom. The average molecular weight is 237 g/mol. The van der Waals surface area contributed by atoms with Gasteiger partial charge in [0.1, 0.15) is 0 Å². The van der Waals surface area contributed by atoms with E-state index in [4.69, 9.17) is 32.7 Å². The van der Waals surface area contributed by atoms with Gasteiger partial charge in [-0.25, -0.2) is 0 Å². The van der Waals surface area contributed by atoms with Crippen molar-refractivity contribution >= 4 is 28.6 Å². The maximum Gasteiger partial charge on any atom is 0.380 e. The largest absolute Gasteiger partial charge is 0.380 e. The molecule has 74 valence electrons. The Morgan fingerprint density at radius 3 is 2.33 bits per heavy atom. The van der Waals surface area contributed by atoms with E-state index in [1.165, 1.54) is 0 Å². The topological polar surface area (TPSA) is 66.8 Å². The average Bonchev–Trinajstić information content (AvgIpc) is 1.84. The van der Waals surface area contributed by atoms with Crippen LogP contribution in [0.2, 0.25) is 0 Å². The summed E-state index contributed by atoms with van der Waals surface area (Å²) in [6.45, 7) is 1.45. The van der Waals surface area contributed by atoms with E-state index in [0.717, 1.165) is 0 Å². The Bertz CT molecular complexity index is 178. The van der Waals surface area contributed by atoms with Crippen LogP contribution in [0.5, 0.6) is 0 Å². The van der Waals surface area contributed by atoms with Crippen molar-refractivity contribution in [3.8, 4) is 0 Å². The minimum absolute atomic E-state index is 0.0765. The van der Waals surface area contributed by atoms with E-state index >= 15 is 0 Å². The van der Waals surface area contributed by atoms with Crippen LogP contribution in [0, 0.1) is 0 Å². The van der Waals surface area contributed by atoms with Crippen LogP contribution in [-0.4, -0.2) is 22.6 Å². The Kier molecular flexibility index (Phi) is 5.07. The Morgan fingerprint density at radius 2 is 2.00 bits per heavy atom. The van der Waals surface area contributed by atoms with Crippen LogP contribution < -0.4 is 0 Å². The van der Waals surface area contributed by atoms with Crippen molar-refractivity contribution < 1.29 is 19.3 Å². The number of hydrogen-bond donors (Lipinski definition) is 2. The van der Waals surface area contributed by atoms with Crippen LogP contribution in [0.25, 0.3) is 0 Å². The van der Waals surface area contributed by atoms with Gasteiger partial charge in [0, 0.05) is 6.42 Å². The van der Waals surface area contributed by atoms with Gasteiger partial charge in [-0.2, -0.15) is 0 Å². The third-order valence-corrected chi connectivity index (χ3v) is 2.38. The normalized spacial score (nSPS) is 13.4. The van der Waals surface area contributed by atoms with Crippen molar-refractivity contribution in [1.29, 1.82) is 0 Å². The second-order valence-electron chi connectivity index (χ2n) is 2.33. The SMILES string of the molecule is CCC(O)(O)CCOP(=O)(Cl)Cl. The molecule has 0 aliphatic rings. The highest BCUT2D eigenvalue weighted by molar-refractivity contribution is 8.05. The second-order valence-corrected chi connectivity index (χ2v) is 6.61. The minimum atomic E-state index is -3.54. The second kappa shape index (κ2) is 4.80. The lowest BCUT2D eigenvalue weighted by atomic mass is 10.1. The molecule has 0 fully saturated rings. The highest BCUT2D eigenvalue weighted by atomic mass is 35.9. The molecule has 2 N–H and O–H groups in total. The van der Waals surface area contributed by atoms with E-state index in [9.17, 15) is 4.57 Å². The quantitative estimate of drug-likeness (QED) is 0.567. The standard InChI is InChI=1S/C5H11Cl2O4P/c1-2-5(8,9)3-4-11-12(6,7)10/h8-9H,2-4H2,1H3. The zero-order valence-corrected chi connectivity index (χ0v) is 8.94. The van der Waals surface area contributed by atoms with Gasteiger partial charge in [-0.05, 0) is 28.9 Å². The lowest BCUT2D eigenvalue weighted by Crippen LogP contribution is -2.28. The summed E-state index contributed by atoms with van der Waals surface area (Å²) in [6.07, 6.45) is -3.46. The van der Waals surface area contributed by atoms with Crippen molar-refractivity contribution in [2.24, 2.45) is 0 Å². The molecule has 0 aliphatic carbocycles. The molecule has 0 rings (SSSR count). The van der Waals surface area contributed by atoms with Gasteiger partial charge < -0.3 is 14.7 Å². The van der Waals surface area contributed by atoms with Gasteiger partial charge >= 0.3 is 6.07 Å². The number of aliphatic hydroxyl groups is 2. The third-order valence-electron chi connectivity index (χ3n) is 1.31. The van der Waals surface area contributed by atoms with E-state index < -0.39 is 11.9 Å². The van der Waals surface area contributed by atoms with Crippen molar-refractivity contribution in [2.45, 2.75) is 25.6 Å². The van der Waals surface area contributed by atoms with Gasteiger partial charge in [0.25, 0.3) is 0 Å². The molecule has 0 aliphatic heterocycles. The molecule has 0 bridgehead atoms. The van der Waals surface area contributed by atoms with Crippen molar-refractivity contribution in [3.63, 3.8) is 0 Å². The van der Waals surface area contributed by atoms with Crippen molar-refractivity contribution in [1.82, 2.24) is 0 Å². The smallest absolute Gasteiger partial charge is 0.366 e. The summed E-state index contributed by atoms with van der Waals surface area (Å²) in [5.41, 5.74) is 0. The molecule has 0 unspecified atom stereocenters. The summed E-state index contributed by atoms with van der Waals surface area (Å²) < 4.78 is 15.0. The molecular formula is C5H11Cl2O4P. The molecule has 0 spiro atoms. The molecule has 4 nitrogen and oxygen atoms in total. The van der Waals surface area contributed by atoms with E-state index in [1.807, 2.05) is 0 Å². The van der Waals surface area contributed by atoms with E-state index in [0.29, 0.717) is 0 Å². The van der Waals surface area contributed by atoms with Crippen LogP contribution in [-0.2, 0) is 9.09 Å². The predicted octanol–water partition coefficient (Wildman–Crippen LogP) is 2.07. The number of rotatable bonds is 5. The zero-order valence-electron chi connectivity index (χ0n) is 6.54. The van der Waals surface area contributed by atoms with Gasteiger partial charge in [0.05, 0.1) is 6.61 Å². The van der Waals surface area contributed by atoms with Crippen LogP contribution in [0.15, 0.2) is 0 Å². The third kappa shape index (κ3) is 7.35. The van der Waals surface area contributed by atoms with Crippen molar-refractivity contribution in [3.05, 3.63) is 0 Å². The van der Waals surface area contributed by atoms with Crippen LogP contribution in [0.3, 0.4) is 0 Å². The fourth-order valence-electron chi connectivity index (χ4n) is 0.492. The van der Waals surface area contributed by atoms with Gasteiger partial charge in [0.15, 0.2) is 5.79 Å². The van der Waals surface area contributed by atoms with Gasteiger partial charge in [-0.15, -0.1) is 0 Å². The highest BCUT2D eigenvalue weighted by Gasteiger charge is 2.22. The molecule has 0 heterocycles. The lowest BCUT2D eigenvalue weighted by molar-refractivity contribution is -0.170. The molecule has 12 heavy (non-hydrogen) atoms.